The van der Waals surface area contributed by atoms with Gasteiger partial charge in [-0.15, -0.1) is 0 Å². The van der Waals surface area contributed by atoms with Crippen LogP contribution in [0.1, 0.15) is 17.0 Å². The van der Waals surface area contributed by atoms with Gasteiger partial charge in [-0.1, -0.05) is 18.2 Å². The molecule has 0 bridgehead atoms. The first-order valence-corrected chi connectivity index (χ1v) is 10.2. The number of aromatic nitrogens is 5. The molecule has 3 heterocycles. The zero-order valence-corrected chi connectivity index (χ0v) is 18.0. The number of aryl methyl sites for hydroxylation is 3. The topological polar surface area (TPSA) is 74.8 Å². The molecule has 0 spiro atoms. The highest BCUT2D eigenvalue weighted by Crippen LogP contribution is 2.29. The Hall–Kier alpha value is -3.58. The fourth-order valence-corrected chi connectivity index (χ4v) is 4.20. The predicted molar refractivity (Wildman–Crippen MR) is 122 cm³/mol. The maximum absolute atomic E-state index is 13.6. The van der Waals surface area contributed by atoms with E-state index in [2.05, 4.69) is 32.0 Å². The molecule has 0 aliphatic carbocycles. The number of methoxy groups -OCH3 is 1. The van der Waals surface area contributed by atoms with Crippen LogP contribution in [-0.4, -0.2) is 37.8 Å². The molecule has 0 radical (unpaired) electrons. The van der Waals surface area contributed by atoms with Crippen molar-refractivity contribution in [1.29, 1.82) is 0 Å². The van der Waals surface area contributed by atoms with E-state index < -0.39 is 0 Å². The van der Waals surface area contributed by atoms with Crippen molar-refractivity contribution < 1.29 is 4.74 Å². The summed E-state index contributed by atoms with van der Waals surface area (Å²) in [6.45, 7) is 6.82. The minimum Gasteiger partial charge on any atom is -0.383 e. The monoisotopic (exact) mass is 413 g/mol. The van der Waals surface area contributed by atoms with Gasteiger partial charge in [0.1, 0.15) is 16.7 Å². The average Bonchev–Trinajstić information content (AvgIpc) is 3.04. The van der Waals surface area contributed by atoms with E-state index in [4.69, 9.17) is 19.7 Å². The molecule has 0 saturated carbocycles. The molecule has 2 aromatic carbocycles. The lowest BCUT2D eigenvalue weighted by Crippen LogP contribution is -2.25. The van der Waals surface area contributed by atoms with E-state index in [1.807, 2.05) is 35.8 Å². The van der Waals surface area contributed by atoms with Gasteiger partial charge < -0.3 is 4.74 Å². The molecule has 0 fully saturated rings. The third-order valence-corrected chi connectivity index (χ3v) is 5.54. The van der Waals surface area contributed by atoms with Crippen molar-refractivity contribution in [3.63, 3.8) is 0 Å². The van der Waals surface area contributed by atoms with Crippen LogP contribution in [0, 0.1) is 20.8 Å². The van der Waals surface area contributed by atoms with Gasteiger partial charge >= 0.3 is 0 Å². The first kappa shape index (κ1) is 19.4. The summed E-state index contributed by atoms with van der Waals surface area (Å²) in [6, 6.07) is 14.0. The number of ether oxygens (including phenoxy) is 1. The van der Waals surface area contributed by atoms with Crippen molar-refractivity contribution in [3.05, 3.63) is 69.8 Å². The highest BCUT2D eigenvalue weighted by atomic mass is 16.5. The summed E-state index contributed by atoms with van der Waals surface area (Å²) in [4.78, 5) is 28.2. The molecule has 3 aromatic heterocycles. The maximum Gasteiger partial charge on any atom is 0.265 e. The van der Waals surface area contributed by atoms with Gasteiger partial charge in [-0.05, 0) is 56.2 Å². The number of hydrogen-bond donors (Lipinski definition) is 0. The molecule has 0 aliphatic rings. The number of fused-ring (bicyclic) bond motifs is 4. The first-order chi connectivity index (χ1) is 15.0. The van der Waals surface area contributed by atoms with E-state index in [1.54, 1.807) is 11.7 Å². The van der Waals surface area contributed by atoms with Crippen molar-refractivity contribution in [2.75, 3.05) is 13.7 Å². The van der Waals surface area contributed by atoms with Crippen LogP contribution in [0.3, 0.4) is 0 Å². The molecule has 0 saturated heterocycles. The predicted octanol–water partition coefficient (Wildman–Crippen LogP) is 3.86. The van der Waals surface area contributed by atoms with Crippen LogP contribution in [-0.2, 0) is 11.3 Å². The standard InChI is InChI=1S/C24H23N5O2/c1-14-11-15(2)13-17(12-14)29-22-20(24(30)28(9-10-31-4)16(3)25-22)21-23(29)27-19-8-6-5-7-18(19)26-21/h5-8,11-13H,9-10H2,1-4H3. The maximum atomic E-state index is 13.6. The lowest BCUT2D eigenvalue weighted by Gasteiger charge is -2.11. The zero-order chi connectivity index (χ0) is 21.7. The Morgan fingerprint density at radius 2 is 1.58 bits per heavy atom. The summed E-state index contributed by atoms with van der Waals surface area (Å²) in [5, 5.41) is 0.481. The second-order valence-electron chi connectivity index (χ2n) is 7.87. The van der Waals surface area contributed by atoms with Crippen molar-refractivity contribution in [2.45, 2.75) is 27.3 Å². The van der Waals surface area contributed by atoms with Gasteiger partial charge in [-0.25, -0.2) is 15.0 Å². The van der Waals surface area contributed by atoms with Crippen LogP contribution in [0.4, 0.5) is 0 Å². The minimum atomic E-state index is -0.128. The Morgan fingerprint density at radius 3 is 2.26 bits per heavy atom. The van der Waals surface area contributed by atoms with Crippen molar-refractivity contribution >= 4 is 33.2 Å². The fraction of sp³-hybridized carbons (Fsp3) is 0.250. The highest BCUT2D eigenvalue weighted by Gasteiger charge is 2.22. The molecular formula is C24H23N5O2. The lowest BCUT2D eigenvalue weighted by molar-refractivity contribution is 0.185. The third-order valence-electron chi connectivity index (χ3n) is 5.54. The molecule has 0 atom stereocenters. The molecule has 156 valence electrons. The molecule has 31 heavy (non-hydrogen) atoms. The molecule has 0 unspecified atom stereocenters. The van der Waals surface area contributed by atoms with Gasteiger partial charge in [0.25, 0.3) is 5.56 Å². The minimum absolute atomic E-state index is 0.128. The van der Waals surface area contributed by atoms with E-state index in [1.165, 1.54) is 0 Å². The Balaban J connectivity index is 1.98. The number of nitrogens with zero attached hydrogens (tertiary/aromatic N) is 5. The summed E-state index contributed by atoms with van der Waals surface area (Å²) in [5.41, 5.74) is 6.35. The van der Waals surface area contributed by atoms with E-state index in [0.29, 0.717) is 41.2 Å². The molecule has 7 nitrogen and oxygen atoms in total. The number of rotatable bonds is 4. The quantitative estimate of drug-likeness (QED) is 0.447. The number of hydrogen-bond acceptors (Lipinski definition) is 5. The van der Waals surface area contributed by atoms with Crippen LogP contribution in [0.25, 0.3) is 38.9 Å². The van der Waals surface area contributed by atoms with E-state index in [0.717, 1.165) is 27.8 Å². The summed E-state index contributed by atoms with van der Waals surface area (Å²) in [7, 11) is 1.62. The second kappa shape index (κ2) is 7.28. The molecule has 5 aromatic rings. The lowest BCUT2D eigenvalue weighted by atomic mass is 10.1. The first-order valence-electron chi connectivity index (χ1n) is 10.2. The highest BCUT2D eigenvalue weighted by molar-refractivity contribution is 6.05. The van der Waals surface area contributed by atoms with Gasteiger partial charge in [0.05, 0.1) is 24.2 Å². The van der Waals surface area contributed by atoms with E-state index in [9.17, 15) is 4.79 Å². The summed E-state index contributed by atoms with van der Waals surface area (Å²) < 4.78 is 8.80. The summed E-state index contributed by atoms with van der Waals surface area (Å²) in [5.74, 6) is 0.632. The van der Waals surface area contributed by atoms with Crippen LogP contribution < -0.4 is 5.56 Å². The van der Waals surface area contributed by atoms with Crippen LogP contribution in [0.2, 0.25) is 0 Å². The van der Waals surface area contributed by atoms with Crippen molar-refractivity contribution in [2.24, 2.45) is 0 Å². The van der Waals surface area contributed by atoms with Crippen molar-refractivity contribution in [1.82, 2.24) is 24.1 Å². The summed E-state index contributed by atoms with van der Waals surface area (Å²) >= 11 is 0. The molecule has 0 amide bonds. The van der Waals surface area contributed by atoms with Gasteiger partial charge in [-0.3, -0.25) is 13.9 Å². The van der Waals surface area contributed by atoms with Gasteiger partial charge in [0.2, 0.25) is 0 Å². The van der Waals surface area contributed by atoms with Gasteiger partial charge in [-0.2, -0.15) is 0 Å². The molecule has 7 heteroatoms. The van der Waals surface area contributed by atoms with Crippen LogP contribution >= 0.6 is 0 Å². The van der Waals surface area contributed by atoms with Crippen LogP contribution in [0.15, 0.2) is 47.3 Å². The SMILES string of the molecule is COCCn1c(C)nc2c(c1=O)c1nc3ccccc3nc1n2-c1cc(C)cc(C)c1. The molecular weight excluding hydrogens is 390 g/mol. The average molecular weight is 413 g/mol. The normalized spacial score (nSPS) is 11.7. The van der Waals surface area contributed by atoms with Crippen molar-refractivity contribution in [3.8, 4) is 5.69 Å². The van der Waals surface area contributed by atoms with E-state index >= 15 is 0 Å². The van der Waals surface area contributed by atoms with Crippen LogP contribution in [0.5, 0.6) is 0 Å². The number of benzene rings is 2. The second-order valence-corrected chi connectivity index (χ2v) is 7.87. The third kappa shape index (κ3) is 3.09. The fourth-order valence-electron chi connectivity index (χ4n) is 4.20. The smallest absolute Gasteiger partial charge is 0.265 e. The van der Waals surface area contributed by atoms with Gasteiger partial charge in [0.15, 0.2) is 11.3 Å². The largest absolute Gasteiger partial charge is 0.383 e. The zero-order valence-electron chi connectivity index (χ0n) is 18.0. The molecule has 0 aliphatic heterocycles. The Labute approximate surface area is 179 Å². The molecule has 5 rings (SSSR count). The Kier molecular flexibility index (Phi) is 4.55. The van der Waals surface area contributed by atoms with Gasteiger partial charge in [0, 0.05) is 12.8 Å². The summed E-state index contributed by atoms with van der Waals surface area (Å²) in [6.07, 6.45) is 0. The van der Waals surface area contributed by atoms with E-state index in [-0.39, 0.29) is 5.56 Å². The Bertz CT molecular complexity index is 1510. The number of para-hydroxylation sites is 2. The molecule has 0 N–H and O–H groups in total. The Morgan fingerprint density at radius 1 is 0.903 bits per heavy atom.